The number of aromatic nitrogens is 1. The lowest BCUT2D eigenvalue weighted by Gasteiger charge is -2.09. The molecule has 0 unspecified atom stereocenters. The molecule has 0 saturated heterocycles. The molecule has 96 valence electrons. The fraction of sp³-hybridized carbons (Fsp3) is 0.583. The average Bonchev–Trinajstić information content (AvgIpc) is 2.25. The van der Waals surface area contributed by atoms with E-state index in [0.717, 1.165) is 34.3 Å². The molecule has 1 heterocycles. The third-order valence-electron chi connectivity index (χ3n) is 2.19. The number of pyridine rings is 1. The summed E-state index contributed by atoms with van der Waals surface area (Å²) in [6, 6.07) is 1.97. The van der Waals surface area contributed by atoms with Crippen LogP contribution in [0.3, 0.4) is 0 Å². The quantitative estimate of drug-likeness (QED) is 0.739. The molecule has 0 fully saturated rings. The first-order valence-electron chi connectivity index (χ1n) is 5.72. The number of anilines is 1. The molecule has 0 aliphatic heterocycles. The first kappa shape index (κ1) is 14.9. The van der Waals surface area contributed by atoms with Crippen molar-refractivity contribution in [1.82, 2.24) is 4.98 Å². The smallest absolute Gasteiger partial charge is 0.140 e. The Labute approximate surface area is 120 Å². The molecule has 1 rings (SSSR count). The van der Waals surface area contributed by atoms with Crippen LogP contribution in [-0.2, 0) is 4.74 Å². The summed E-state index contributed by atoms with van der Waals surface area (Å²) < 4.78 is 7.43. The molecule has 0 saturated carbocycles. The number of nitrogens with one attached hydrogen (secondary N) is 1. The summed E-state index contributed by atoms with van der Waals surface area (Å²) in [5.74, 6) is 1.55. The van der Waals surface area contributed by atoms with E-state index in [1.807, 2.05) is 6.07 Å². The second-order valence-corrected chi connectivity index (χ2v) is 5.98. The van der Waals surface area contributed by atoms with Crippen molar-refractivity contribution in [2.75, 3.05) is 25.1 Å². The van der Waals surface area contributed by atoms with E-state index < -0.39 is 0 Å². The highest BCUT2D eigenvalue weighted by atomic mass is 79.9. The summed E-state index contributed by atoms with van der Waals surface area (Å²) in [4.78, 5) is 4.26. The Morgan fingerprint density at radius 2 is 2.12 bits per heavy atom. The highest BCUT2D eigenvalue weighted by molar-refractivity contribution is 9.11. The number of rotatable bonds is 7. The molecule has 0 atom stereocenters. The molecule has 1 aromatic rings. The van der Waals surface area contributed by atoms with Crippen molar-refractivity contribution < 1.29 is 4.74 Å². The molecule has 0 aliphatic carbocycles. The Morgan fingerprint density at radius 3 is 2.76 bits per heavy atom. The second-order valence-electron chi connectivity index (χ2n) is 4.21. The molecule has 0 bridgehead atoms. The zero-order valence-electron chi connectivity index (χ0n) is 10.2. The average molecular weight is 366 g/mol. The van der Waals surface area contributed by atoms with Crippen molar-refractivity contribution >= 4 is 37.7 Å². The first-order valence-corrected chi connectivity index (χ1v) is 7.31. The topological polar surface area (TPSA) is 34.1 Å². The van der Waals surface area contributed by atoms with Crippen LogP contribution in [0, 0.1) is 5.92 Å². The fourth-order valence-electron chi connectivity index (χ4n) is 1.21. The van der Waals surface area contributed by atoms with Crippen molar-refractivity contribution in [2.24, 2.45) is 5.92 Å². The van der Waals surface area contributed by atoms with Gasteiger partial charge in [0.15, 0.2) is 0 Å². The van der Waals surface area contributed by atoms with E-state index in [2.05, 4.69) is 56.0 Å². The predicted octanol–water partition coefficient (Wildman–Crippen LogP) is 4.08. The van der Waals surface area contributed by atoms with Gasteiger partial charge in [0, 0.05) is 23.8 Å². The lowest BCUT2D eigenvalue weighted by molar-refractivity contribution is 0.132. The normalized spacial score (nSPS) is 10.9. The van der Waals surface area contributed by atoms with Gasteiger partial charge < -0.3 is 10.1 Å². The Kier molecular flexibility index (Phi) is 7.08. The molecular formula is C12H18Br2N2O. The van der Waals surface area contributed by atoms with E-state index in [9.17, 15) is 0 Å². The minimum atomic E-state index is 0.699. The third-order valence-corrected chi connectivity index (χ3v) is 3.22. The molecule has 0 amide bonds. The molecule has 0 aliphatic rings. The SMILES string of the molecule is CC(C)CCOCCNc1ncc(Br)cc1Br. The standard InChI is InChI=1S/C12H18Br2N2O/c1-9(2)3-5-17-6-4-15-12-11(14)7-10(13)8-16-12/h7-9H,3-6H2,1-2H3,(H,15,16). The highest BCUT2D eigenvalue weighted by Gasteiger charge is 2.01. The van der Waals surface area contributed by atoms with Crippen molar-refractivity contribution in [3.63, 3.8) is 0 Å². The minimum absolute atomic E-state index is 0.699. The van der Waals surface area contributed by atoms with Crippen LogP contribution in [0.2, 0.25) is 0 Å². The van der Waals surface area contributed by atoms with Crippen LogP contribution >= 0.6 is 31.9 Å². The number of hydrogen-bond acceptors (Lipinski definition) is 3. The van der Waals surface area contributed by atoms with E-state index in [0.29, 0.717) is 12.5 Å². The van der Waals surface area contributed by atoms with Gasteiger partial charge in [-0.25, -0.2) is 4.98 Å². The van der Waals surface area contributed by atoms with Crippen LogP contribution in [-0.4, -0.2) is 24.7 Å². The fourth-order valence-corrected chi connectivity index (χ4v) is 2.34. The maximum Gasteiger partial charge on any atom is 0.140 e. The van der Waals surface area contributed by atoms with Gasteiger partial charge in [0.25, 0.3) is 0 Å². The molecule has 3 nitrogen and oxygen atoms in total. The van der Waals surface area contributed by atoms with Crippen LogP contribution in [0.1, 0.15) is 20.3 Å². The number of halogens is 2. The van der Waals surface area contributed by atoms with E-state index in [1.54, 1.807) is 6.20 Å². The molecule has 17 heavy (non-hydrogen) atoms. The first-order chi connectivity index (χ1) is 8.09. The van der Waals surface area contributed by atoms with Crippen LogP contribution in [0.5, 0.6) is 0 Å². The maximum absolute atomic E-state index is 5.51. The van der Waals surface area contributed by atoms with Gasteiger partial charge in [-0.05, 0) is 50.3 Å². The van der Waals surface area contributed by atoms with Crippen LogP contribution in [0.25, 0.3) is 0 Å². The molecule has 1 aromatic heterocycles. The molecule has 1 N–H and O–H groups in total. The van der Waals surface area contributed by atoms with Gasteiger partial charge in [-0.15, -0.1) is 0 Å². The van der Waals surface area contributed by atoms with Crippen LogP contribution < -0.4 is 5.32 Å². The summed E-state index contributed by atoms with van der Waals surface area (Å²) in [6.07, 6.45) is 2.88. The van der Waals surface area contributed by atoms with E-state index in [-0.39, 0.29) is 0 Å². The monoisotopic (exact) mass is 364 g/mol. The van der Waals surface area contributed by atoms with Gasteiger partial charge in [-0.1, -0.05) is 13.8 Å². The summed E-state index contributed by atoms with van der Waals surface area (Å²) in [5.41, 5.74) is 0. The van der Waals surface area contributed by atoms with E-state index >= 15 is 0 Å². The van der Waals surface area contributed by atoms with E-state index in [4.69, 9.17) is 4.74 Å². The molecular weight excluding hydrogens is 348 g/mol. The Hall–Kier alpha value is -0.130. The molecule has 0 radical (unpaired) electrons. The summed E-state index contributed by atoms with van der Waals surface area (Å²) in [7, 11) is 0. The summed E-state index contributed by atoms with van der Waals surface area (Å²) in [5, 5.41) is 3.22. The molecule has 5 heteroatoms. The van der Waals surface area contributed by atoms with Gasteiger partial charge >= 0.3 is 0 Å². The summed E-state index contributed by atoms with van der Waals surface area (Å²) in [6.45, 7) is 6.70. The van der Waals surface area contributed by atoms with Crippen molar-refractivity contribution in [1.29, 1.82) is 0 Å². The Bertz CT molecular complexity index is 345. The van der Waals surface area contributed by atoms with Crippen molar-refractivity contribution in [3.05, 3.63) is 21.2 Å². The molecule has 0 spiro atoms. The van der Waals surface area contributed by atoms with Gasteiger partial charge in [-0.2, -0.15) is 0 Å². The van der Waals surface area contributed by atoms with Crippen molar-refractivity contribution in [2.45, 2.75) is 20.3 Å². The Morgan fingerprint density at radius 1 is 1.35 bits per heavy atom. The third kappa shape index (κ3) is 6.38. The Balaban J connectivity index is 2.18. The zero-order chi connectivity index (χ0) is 12.7. The minimum Gasteiger partial charge on any atom is -0.380 e. The van der Waals surface area contributed by atoms with E-state index in [1.165, 1.54) is 0 Å². The number of nitrogens with zero attached hydrogens (tertiary/aromatic N) is 1. The summed E-state index contributed by atoms with van der Waals surface area (Å²) >= 11 is 6.82. The number of hydrogen-bond donors (Lipinski definition) is 1. The van der Waals surface area contributed by atoms with Crippen LogP contribution in [0.4, 0.5) is 5.82 Å². The van der Waals surface area contributed by atoms with Crippen molar-refractivity contribution in [3.8, 4) is 0 Å². The maximum atomic E-state index is 5.51. The zero-order valence-corrected chi connectivity index (χ0v) is 13.3. The number of ether oxygens (including phenoxy) is 1. The largest absolute Gasteiger partial charge is 0.380 e. The lowest BCUT2D eigenvalue weighted by atomic mass is 10.1. The van der Waals surface area contributed by atoms with Gasteiger partial charge in [0.2, 0.25) is 0 Å². The lowest BCUT2D eigenvalue weighted by Crippen LogP contribution is -2.12. The van der Waals surface area contributed by atoms with Gasteiger partial charge in [0.1, 0.15) is 5.82 Å². The van der Waals surface area contributed by atoms with Gasteiger partial charge in [-0.3, -0.25) is 0 Å². The van der Waals surface area contributed by atoms with Crippen LogP contribution in [0.15, 0.2) is 21.2 Å². The predicted molar refractivity (Wildman–Crippen MR) is 78.4 cm³/mol. The highest BCUT2D eigenvalue weighted by Crippen LogP contribution is 2.23. The molecule has 0 aromatic carbocycles. The van der Waals surface area contributed by atoms with Gasteiger partial charge in [0.05, 0.1) is 11.1 Å². The second kappa shape index (κ2) is 8.06.